The normalized spacial score (nSPS) is 21.4. The van der Waals surface area contributed by atoms with Crippen molar-refractivity contribution < 1.29 is 18.9 Å². The molecule has 0 amide bonds. The molecule has 2 aromatic rings. The Balaban J connectivity index is 1.74. The van der Waals surface area contributed by atoms with Crippen molar-refractivity contribution in [1.82, 2.24) is 0 Å². The Morgan fingerprint density at radius 1 is 0.905 bits per heavy atom. The summed E-state index contributed by atoms with van der Waals surface area (Å²) < 4.78 is 22.6. The number of hydrogen-bond acceptors (Lipinski definition) is 4. The third-order valence-corrected chi connectivity index (χ3v) is 4.19. The van der Waals surface area contributed by atoms with Crippen LogP contribution in [0.15, 0.2) is 36.4 Å². The first kappa shape index (κ1) is 12.4. The van der Waals surface area contributed by atoms with Gasteiger partial charge in [-0.2, -0.15) is 0 Å². The van der Waals surface area contributed by atoms with Crippen LogP contribution in [0.5, 0.6) is 23.0 Å². The van der Waals surface area contributed by atoms with Gasteiger partial charge in [-0.25, -0.2) is 0 Å². The molecule has 0 aliphatic carbocycles. The van der Waals surface area contributed by atoms with Crippen molar-refractivity contribution in [2.75, 3.05) is 20.8 Å². The number of methoxy groups -OCH3 is 2. The van der Waals surface area contributed by atoms with E-state index in [-0.39, 0.29) is 12.0 Å². The van der Waals surface area contributed by atoms with Gasteiger partial charge in [-0.1, -0.05) is 6.07 Å². The van der Waals surface area contributed by atoms with Gasteiger partial charge in [0.05, 0.1) is 26.7 Å². The average Bonchev–Trinajstić information content (AvgIpc) is 2.92. The Kier molecular flexibility index (Phi) is 2.70. The summed E-state index contributed by atoms with van der Waals surface area (Å²) in [6.45, 7) is 0.615. The van der Waals surface area contributed by atoms with Gasteiger partial charge in [0.15, 0.2) is 0 Å². The van der Waals surface area contributed by atoms with E-state index in [0.717, 1.165) is 28.6 Å². The highest BCUT2D eigenvalue weighted by Gasteiger charge is 2.40. The Hall–Kier alpha value is -2.36. The van der Waals surface area contributed by atoms with Crippen LogP contribution in [0.2, 0.25) is 0 Å². The summed E-state index contributed by atoms with van der Waals surface area (Å²) in [5.41, 5.74) is 2.25. The lowest BCUT2D eigenvalue weighted by atomic mass is 9.89. The zero-order valence-corrected chi connectivity index (χ0v) is 12.0. The van der Waals surface area contributed by atoms with Crippen LogP contribution in [0.4, 0.5) is 0 Å². The van der Waals surface area contributed by atoms with E-state index in [9.17, 15) is 0 Å². The molecule has 0 bridgehead atoms. The number of rotatable bonds is 2. The van der Waals surface area contributed by atoms with Gasteiger partial charge in [0, 0.05) is 23.3 Å². The summed E-state index contributed by atoms with van der Waals surface area (Å²) in [6, 6.07) is 11.9. The highest BCUT2D eigenvalue weighted by Crippen LogP contribution is 2.52. The molecule has 0 N–H and O–H groups in total. The molecule has 2 aliphatic rings. The highest BCUT2D eigenvalue weighted by molar-refractivity contribution is 5.52. The van der Waals surface area contributed by atoms with Gasteiger partial charge in [-0.15, -0.1) is 0 Å². The minimum absolute atomic E-state index is 0.00163. The van der Waals surface area contributed by atoms with E-state index >= 15 is 0 Å². The van der Waals surface area contributed by atoms with Gasteiger partial charge in [0.25, 0.3) is 0 Å². The minimum Gasteiger partial charge on any atom is -0.497 e. The molecule has 2 atom stereocenters. The fourth-order valence-corrected chi connectivity index (χ4v) is 3.07. The summed E-state index contributed by atoms with van der Waals surface area (Å²) in [7, 11) is 3.32. The zero-order chi connectivity index (χ0) is 14.4. The molecular weight excluding hydrogens is 268 g/mol. The van der Waals surface area contributed by atoms with Crippen molar-refractivity contribution in [2.45, 2.75) is 12.0 Å². The van der Waals surface area contributed by atoms with Crippen LogP contribution >= 0.6 is 0 Å². The molecule has 4 nitrogen and oxygen atoms in total. The van der Waals surface area contributed by atoms with E-state index in [2.05, 4.69) is 6.07 Å². The summed E-state index contributed by atoms with van der Waals surface area (Å²) >= 11 is 0. The third kappa shape index (κ3) is 1.82. The van der Waals surface area contributed by atoms with Gasteiger partial charge in [-0.3, -0.25) is 0 Å². The predicted molar refractivity (Wildman–Crippen MR) is 77.6 cm³/mol. The van der Waals surface area contributed by atoms with E-state index < -0.39 is 0 Å². The fraction of sp³-hybridized carbons (Fsp3) is 0.294. The van der Waals surface area contributed by atoms with Gasteiger partial charge in [0.1, 0.15) is 29.1 Å². The summed E-state index contributed by atoms with van der Waals surface area (Å²) in [5.74, 6) is 3.56. The largest absolute Gasteiger partial charge is 0.497 e. The zero-order valence-electron chi connectivity index (χ0n) is 12.0. The topological polar surface area (TPSA) is 36.9 Å². The molecule has 0 spiro atoms. The number of benzene rings is 2. The predicted octanol–water partition coefficient (Wildman–Crippen LogP) is 3.31. The molecule has 0 radical (unpaired) electrons. The number of hydrogen-bond donors (Lipinski definition) is 0. The number of fused-ring (bicyclic) bond motifs is 5. The Bertz CT molecular complexity index is 695. The molecular formula is C17H16O4. The summed E-state index contributed by atoms with van der Waals surface area (Å²) in [6.07, 6.45) is 0.00163. The van der Waals surface area contributed by atoms with Crippen LogP contribution in [0.1, 0.15) is 23.1 Å². The lowest BCUT2D eigenvalue weighted by Gasteiger charge is -2.28. The summed E-state index contributed by atoms with van der Waals surface area (Å²) in [4.78, 5) is 0. The standard InChI is InChI=1S/C17H16O4/c1-18-10-4-6-13-15(7-10)20-9-14-12-5-3-11(19-2)8-16(12)21-17(13)14/h3-8,14,17H,9H2,1-2H3/t14-,17-/m0/s1. The second-order valence-electron chi connectivity index (χ2n) is 5.26. The second-order valence-corrected chi connectivity index (χ2v) is 5.26. The van der Waals surface area contributed by atoms with Gasteiger partial charge in [0.2, 0.25) is 0 Å². The van der Waals surface area contributed by atoms with Crippen LogP contribution in [0.3, 0.4) is 0 Å². The van der Waals surface area contributed by atoms with Gasteiger partial charge in [-0.05, 0) is 18.2 Å². The maximum Gasteiger partial charge on any atom is 0.138 e. The molecule has 2 aliphatic heterocycles. The molecule has 0 unspecified atom stereocenters. The van der Waals surface area contributed by atoms with E-state index in [0.29, 0.717) is 6.61 Å². The first-order chi connectivity index (χ1) is 10.3. The van der Waals surface area contributed by atoms with Gasteiger partial charge < -0.3 is 18.9 Å². The smallest absolute Gasteiger partial charge is 0.138 e. The third-order valence-electron chi connectivity index (χ3n) is 4.19. The Morgan fingerprint density at radius 3 is 2.29 bits per heavy atom. The van der Waals surface area contributed by atoms with Crippen molar-refractivity contribution in [3.63, 3.8) is 0 Å². The maximum absolute atomic E-state index is 6.15. The lowest BCUT2D eigenvalue weighted by molar-refractivity contribution is 0.139. The first-order valence-corrected chi connectivity index (χ1v) is 6.95. The number of ether oxygens (including phenoxy) is 4. The van der Waals surface area contributed by atoms with Crippen molar-refractivity contribution in [3.05, 3.63) is 47.5 Å². The monoisotopic (exact) mass is 284 g/mol. The Morgan fingerprint density at radius 2 is 1.57 bits per heavy atom. The molecule has 2 aromatic carbocycles. The van der Waals surface area contributed by atoms with E-state index in [1.54, 1.807) is 14.2 Å². The van der Waals surface area contributed by atoms with Crippen molar-refractivity contribution >= 4 is 0 Å². The average molecular weight is 284 g/mol. The molecule has 108 valence electrons. The minimum atomic E-state index is 0.00163. The molecule has 0 fully saturated rings. The lowest BCUT2D eigenvalue weighted by Crippen LogP contribution is -2.23. The molecule has 4 heteroatoms. The summed E-state index contributed by atoms with van der Waals surface area (Å²) in [5, 5.41) is 0. The first-order valence-electron chi connectivity index (χ1n) is 6.95. The molecule has 4 rings (SSSR count). The molecule has 2 heterocycles. The quantitative estimate of drug-likeness (QED) is 0.847. The van der Waals surface area contributed by atoms with Crippen LogP contribution in [0.25, 0.3) is 0 Å². The molecule has 0 saturated carbocycles. The molecule has 0 aromatic heterocycles. The van der Waals surface area contributed by atoms with Crippen LogP contribution in [0, 0.1) is 0 Å². The van der Waals surface area contributed by atoms with E-state index in [1.165, 1.54) is 5.56 Å². The van der Waals surface area contributed by atoms with Crippen LogP contribution in [-0.4, -0.2) is 20.8 Å². The van der Waals surface area contributed by atoms with Crippen LogP contribution < -0.4 is 18.9 Å². The fourth-order valence-electron chi connectivity index (χ4n) is 3.07. The van der Waals surface area contributed by atoms with Gasteiger partial charge >= 0.3 is 0 Å². The van der Waals surface area contributed by atoms with E-state index in [4.69, 9.17) is 18.9 Å². The van der Waals surface area contributed by atoms with E-state index in [1.807, 2.05) is 30.3 Å². The maximum atomic E-state index is 6.15. The van der Waals surface area contributed by atoms with Crippen molar-refractivity contribution in [2.24, 2.45) is 0 Å². The van der Waals surface area contributed by atoms with Crippen molar-refractivity contribution in [1.29, 1.82) is 0 Å². The second kappa shape index (κ2) is 4.58. The Labute approximate surface area is 123 Å². The molecule has 0 saturated heterocycles. The SMILES string of the molecule is COc1ccc2c(c1)O[C@H]1c3ccc(OC)cc3OC[C@@H]21. The molecule has 21 heavy (non-hydrogen) atoms. The van der Waals surface area contributed by atoms with Crippen molar-refractivity contribution in [3.8, 4) is 23.0 Å². The highest BCUT2D eigenvalue weighted by atomic mass is 16.5. The van der Waals surface area contributed by atoms with Crippen LogP contribution in [-0.2, 0) is 0 Å².